The highest BCUT2D eigenvalue weighted by atomic mass is 16.3. The molecule has 3 N–H and O–H groups in total. The van der Waals surface area contributed by atoms with Crippen LogP contribution in [0.4, 0.5) is 0 Å². The molecule has 3 nitrogen and oxygen atoms in total. The van der Waals surface area contributed by atoms with Gasteiger partial charge in [0.2, 0.25) is 0 Å². The fraction of sp³-hybridized carbons (Fsp3) is 0.500. The van der Waals surface area contributed by atoms with E-state index in [1.165, 1.54) is 0 Å². The average Bonchev–Trinajstić information content (AvgIpc) is 1.96. The maximum absolute atomic E-state index is 9.51. The molecule has 0 radical (unpaired) electrons. The van der Waals surface area contributed by atoms with Crippen molar-refractivity contribution in [2.45, 2.75) is 19.6 Å². The second-order valence-corrected chi connectivity index (χ2v) is 2.74. The summed E-state index contributed by atoms with van der Waals surface area (Å²) in [6.45, 7) is 2.00. The molecule has 0 aromatic rings. The number of hydrogen-bond acceptors (Lipinski definition) is 3. The fourth-order valence-corrected chi connectivity index (χ4v) is 1.18. The highest BCUT2D eigenvalue weighted by Crippen LogP contribution is 2.17. The summed E-state index contributed by atoms with van der Waals surface area (Å²) < 4.78 is 0. The van der Waals surface area contributed by atoms with Crippen molar-refractivity contribution in [1.82, 2.24) is 4.90 Å². The van der Waals surface area contributed by atoms with Crippen LogP contribution in [-0.2, 0) is 0 Å². The van der Waals surface area contributed by atoms with Crippen molar-refractivity contribution in [1.29, 1.82) is 0 Å². The van der Waals surface area contributed by atoms with Crippen molar-refractivity contribution < 1.29 is 5.11 Å². The Bertz CT molecular complexity index is 208. The molecule has 3 heteroatoms. The number of nitrogens with zero attached hydrogens (tertiary/aromatic N) is 1. The maximum Gasteiger partial charge on any atom is 0.148 e. The van der Waals surface area contributed by atoms with Gasteiger partial charge in [0, 0.05) is 18.9 Å². The minimum Gasteiger partial charge on any atom is -0.398 e. The summed E-state index contributed by atoms with van der Waals surface area (Å²) in [6, 6.07) is 0. The first-order chi connectivity index (χ1) is 5.15. The Morgan fingerprint density at radius 2 is 2.36 bits per heavy atom. The molecule has 1 heterocycles. The van der Waals surface area contributed by atoms with E-state index < -0.39 is 6.23 Å². The maximum atomic E-state index is 9.51. The van der Waals surface area contributed by atoms with E-state index in [2.05, 4.69) is 0 Å². The monoisotopic (exact) mass is 154 g/mol. The minimum atomic E-state index is -0.493. The molecule has 1 atom stereocenters. The summed E-state index contributed by atoms with van der Waals surface area (Å²) in [5.41, 5.74) is 7.25. The van der Waals surface area contributed by atoms with Crippen molar-refractivity contribution in [3.63, 3.8) is 0 Å². The first kappa shape index (κ1) is 8.14. The van der Waals surface area contributed by atoms with Gasteiger partial charge in [0.15, 0.2) is 0 Å². The Balaban J connectivity index is 2.84. The molecular formula is C8H14N2O. The van der Waals surface area contributed by atoms with Crippen LogP contribution in [0.15, 0.2) is 23.5 Å². The van der Waals surface area contributed by atoms with Crippen molar-refractivity contribution in [2.75, 3.05) is 7.05 Å². The Labute approximate surface area is 66.8 Å². The molecular weight excluding hydrogens is 140 g/mol. The van der Waals surface area contributed by atoms with Gasteiger partial charge in [-0.1, -0.05) is 6.92 Å². The van der Waals surface area contributed by atoms with Gasteiger partial charge in [-0.2, -0.15) is 0 Å². The largest absolute Gasteiger partial charge is 0.398 e. The highest BCUT2D eigenvalue weighted by Gasteiger charge is 2.16. The molecule has 1 unspecified atom stereocenters. The van der Waals surface area contributed by atoms with Crippen LogP contribution in [-0.4, -0.2) is 23.3 Å². The van der Waals surface area contributed by atoms with Gasteiger partial charge >= 0.3 is 0 Å². The minimum absolute atomic E-state index is 0.493. The van der Waals surface area contributed by atoms with Crippen LogP contribution < -0.4 is 5.73 Å². The number of nitrogens with two attached hydrogens (primary N) is 1. The molecule has 11 heavy (non-hydrogen) atoms. The topological polar surface area (TPSA) is 49.5 Å². The Kier molecular flexibility index (Phi) is 2.19. The third-order valence-electron chi connectivity index (χ3n) is 1.83. The van der Waals surface area contributed by atoms with Crippen LogP contribution >= 0.6 is 0 Å². The van der Waals surface area contributed by atoms with Crippen molar-refractivity contribution in [3.05, 3.63) is 23.5 Å². The highest BCUT2D eigenvalue weighted by molar-refractivity contribution is 5.26. The molecule has 0 aromatic carbocycles. The van der Waals surface area contributed by atoms with Crippen LogP contribution in [0.1, 0.15) is 13.3 Å². The molecule has 62 valence electrons. The van der Waals surface area contributed by atoms with E-state index in [0.29, 0.717) is 5.70 Å². The van der Waals surface area contributed by atoms with E-state index in [1.54, 1.807) is 18.1 Å². The first-order valence-electron chi connectivity index (χ1n) is 3.73. The zero-order chi connectivity index (χ0) is 8.43. The van der Waals surface area contributed by atoms with Gasteiger partial charge in [-0.15, -0.1) is 0 Å². The molecule has 0 bridgehead atoms. The number of rotatable bonds is 1. The molecule has 1 aliphatic heterocycles. The standard InChI is InChI=1S/C8H14N2O/c1-3-6-4-7(9)5-10(2)8(6)11/h4-5,8,11H,3,9H2,1-2H3. The van der Waals surface area contributed by atoms with E-state index in [-0.39, 0.29) is 0 Å². The Hall–Kier alpha value is -0.960. The van der Waals surface area contributed by atoms with E-state index in [4.69, 9.17) is 5.73 Å². The van der Waals surface area contributed by atoms with Crippen LogP contribution in [0.3, 0.4) is 0 Å². The Morgan fingerprint density at radius 3 is 2.91 bits per heavy atom. The average molecular weight is 154 g/mol. The molecule has 0 amide bonds. The molecule has 1 aliphatic rings. The number of allylic oxidation sites excluding steroid dienone is 1. The van der Waals surface area contributed by atoms with Crippen LogP contribution in [0.5, 0.6) is 0 Å². The summed E-state index contributed by atoms with van der Waals surface area (Å²) in [7, 11) is 1.81. The molecule has 0 spiro atoms. The number of aliphatic hydroxyl groups excluding tert-OH is 1. The normalized spacial score (nSPS) is 24.6. The lowest BCUT2D eigenvalue weighted by Crippen LogP contribution is -2.32. The Morgan fingerprint density at radius 1 is 1.73 bits per heavy atom. The molecule has 1 rings (SSSR count). The second kappa shape index (κ2) is 2.96. The van der Waals surface area contributed by atoms with E-state index in [0.717, 1.165) is 12.0 Å². The van der Waals surface area contributed by atoms with Crippen molar-refractivity contribution >= 4 is 0 Å². The van der Waals surface area contributed by atoms with E-state index in [9.17, 15) is 5.11 Å². The SMILES string of the molecule is CCC1=CC(N)=CN(C)C1O. The summed E-state index contributed by atoms with van der Waals surface area (Å²) in [5.74, 6) is 0. The van der Waals surface area contributed by atoms with Gasteiger partial charge in [0.25, 0.3) is 0 Å². The smallest absolute Gasteiger partial charge is 0.148 e. The van der Waals surface area contributed by atoms with E-state index in [1.807, 2.05) is 13.0 Å². The lowest BCUT2D eigenvalue weighted by molar-refractivity contribution is 0.0823. The third-order valence-corrected chi connectivity index (χ3v) is 1.83. The molecule has 0 fully saturated rings. The van der Waals surface area contributed by atoms with Crippen molar-refractivity contribution in [2.24, 2.45) is 5.73 Å². The number of aliphatic hydroxyl groups is 1. The molecule has 0 saturated heterocycles. The van der Waals surface area contributed by atoms with Gasteiger partial charge in [-0.05, 0) is 18.1 Å². The van der Waals surface area contributed by atoms with Gasteiger partial charge in [-0.25, -0.2) is 0 Å². The quantitative estimate of drug-likeness (QED) is 0.574. The van der Waals surface area contributed by atoms with Gasteiger partial charge in [0.1, 0.15) is 6.23 Å². The predicted molar refractivity (Wildman–Crippen MR) is 44.4 cm³/mol. The van der Waals surface area contributed by atoms with Crippen LogP contribution in [0.25, 0.3) is 0 Å². The van der Waals surface area contributed by atoms with Gasteiger partial charge < -0.3 is 15.7 Å². The summed E-state index contributed by atoms with van der Waals surface area (Å²) in [5, 5.41) is 9.51. The summed E-state index contributed by atoms with van der Waals surface area (Å²) in [6.07, 6.45) is 3.89. The van der Waals surface area contributed by atoms with E-state index >= 15 is 0 Å². The first-order valence-corrected chi connectivity index (χ1v) is 3.73. The lowest BCUT2D eigenvalue weighted by atomic mass is 10.1. The molecule has 0 aromatic heterocycles. The molecule has 0 saturated carbocycles. The van der Waals surface area contributed by atoms with Gasteiger partial charge in [-0.3, -0.25) is 0 Å². The number of hydrogen-bond donors (Lipinski definition) is 2. The zero-order valence-electron chi connectivity index (χ0n) is 6.91. The third kappa shape index (κ3) is 1.54. The zero-order valence-corrected chi connectivity index (χ0v) is 6.91. The van der Waals surface area contributed by atoms with Gasteiger partial charge in [0.05, 0.1) is 0 Å². The summed E-state index contributed by atoms with van der Waals surface area (Å²) in [4.78, 5) is 1.70. The van der Waals surface area contributed by atoms with Crippen molar-refractivity contribution in [3.8, 4) is 0 Å². The van der Waals surface area contributed by atoms with Crippen LogP contribution in [0, 0.1) is 0 Å². The molecule has 0 aliphatic carbocycles. The predicted octanol–water partition coefficient (Wildman–Crippen LogP) is 0.387. The summed E-state index contributed by atoms with van der Waals surface area (Å²) >= 11 is 0. The second-order valence-electron chi connectivity index (χ2n) is 2.74. The van der Waals surface area contributed by atoms with Crippen LogP contribution in [0.2, 0.25) is 0 Å². The number of likely N-dealkylation sites (N-methyl/N-ethyl adjacent to an activating group) is 1. The lowest BCUT2D eigenvalue weighted by Gasteiger charge is -2.27. The fourth-order valence-electron chi connectivity index (χ4n) is 1.18.